The third-order valence-corrected chi connectivity index (χ3v) is 6.24. The van der Waals surface area contributed by atoms with Crippen LogP contribution in [-0.4, -0.2) is 13.1 Å². The highest BCUT2D eigenvalue weighted by molar-refractivity contribution is 9.08. The Hall–Kier alpha value is -0.210. The number of halogens is 2. The molecule has 1 saturated carbocycles. The Kier molecular flexibility index (Phi) is 4.62. The third-order valence-electron chi connectivity index (χ3n) is 5.28. The summed E-state index contributed by atoms with van der Waals surface area (Å²) in [5.41, 5.74) is 3.15. The molecule has 0 bridgehead atoms. The molecular formula is C17H23BrClN. The van der Waals surface area contributed by atoms with Gasteiger partial charge in [0.15, 0.2) is 0 Å². The quantitative estimate of drug-likeness (QED) is 0.607. The smallest absolute Gasteiger partial charge is 0.0467 e. The first-order chi connectivity index (χ1) is 9.72. The highest BCUT2D eigenvalue weighted by Crippen LogP contribution is 2.45. The molecule has 0 unspecified atom stereocenters. The van der Waals surface area contributed by atoms with E-state index in [1.54, 1.807) is 0 Å². The Labute approximate surface area is 135 Å². The van der Waals surface area contributed by atoms with Gasteiger partial charge in [0.2, 0.25) is 0 Å². The molecule has 0 atom stereocenters. The van der Waals surface area contributed by atoms with Crippen molar-refractivity contribution >= 4 is 33.2 Å². The van der Waals surface area contributed by atoms with E-state index in [2.05, 4.69) is 39.0 Å². The van der Waals surface area contributed by atoms with E-state index < -0.39 is 0 Å². The van der Waals surface area contributed by atoms with Gasteiger partial charge in [-0.25, -0.2) is 0 Å². The van der Waals surface area contributed by atoms with Gasteiger partial charge in [-0.3, -0.25) is 0 Å². The molecule has 1 heterocycles. The van der Waals surface area contributed by atoms with Crippen molar-refractivity contribution in [2.24, 2.45) is 5.41 Å². The van der Waals surface area contributed by atoms with Crippen molar-refractivity contribution in [3.05, 3.63) is 28.8 Å². The van der Waals surface area contributed by atoms with Crippen molar-refractivity contribution in [3.63, 3.8) is 0 Å². The summed E-state index contributed by atoms with van der Waals surface area (Å²) in [6.07, 6.45) is 10.0. The lowest BCUT2D eigenvalue weighted by atomic mass is 9.68. The van der Waals surface area contributed by atoms with Crippen LogP contribution in [0.5, 0.6) is 0 Å². The van der Waals surface area contributed by atoms with Gasteiger partial charge >= 0.3 is 0 Å². The monoisotopic (exact) mass is 355 g/mol. The molecule has 110 valence electrons. The Bertz CT molecular complexity index is 458. The maximum Gasteiger partial charge on any atom is 0.0467 e. The van der Waals surface area contributed by atoms with E-state index in [1.165, 1.54) is 69.3 Å². The summed E-state index contributed by atoms with van der Waals surface area (Å²) in [5, 5.41) is 1.72. The van der Waals surface area contributed by atoms with Gasteiger partial charge in [0.25, 0.3) is 0 Å². The second-order valence-electron chi connectivity index (χ2n) is 6.46. The molecule has 0 N–H and O–H groups in total. The van der Waals surface area contributed by atoms with E-state index in [0.29, 0.717) is 5.41 Å². The first-order valence-corrected chi connectivity index (χ1v) is 9.32. The lowest BCUT2D eigenvalue weighted by Crippen LogP contribution is -2.41. The van der Waals surface area contributed by atoms with Gasteiger partial charge in [0.1, 0.15) is 0 Å². The second-order valence-corrected chi connectivity index (χ2v) is 7.42. The highest BCUT2D eigenvalue weighted by Gasteiger charge is 2.35. The first kappa shape index (κ1) is 14.7. The molecule has 3 heteroatoms. The molecule has 0 aromatic heterocycles. The van der Waals surface area contributed by atoms with Crippen LogP contribution in [0.25, 0.3) is 0 Å². The fourth-order valence-corrected chi connectivity index (χ4v) is 4.77. The predicted molar refractivity (Wildman–Crippen MR) is 91.0 cm³/mol. The molecule has 20 heavy (non-hydrogen) atoms. The van der Waals surface area contributed by atoms with E-state index in [1.807, 2.05) is 0 Å². The van der Waals surface area contributed by atoms with Crippen molar-refractivity contribution < 1.29 is 0 Å². The molecule has 1 saturated heterocycles. The zero-order valence-corrected chi connectivity index (χ0v) is 14.3. The van der Waals surface area contributed by atoms with Crippen LogP contribution in [0.15, 0.2) is 18.2 Å². The van der Waals surface area contributed by atoms with Crippen LogP contribution < -0.4 is 4.90 Å². The fourth-order valence-electron chi connectivity index (χ4n) is 3.88. The summed E-state index contributed by atoms with van der Waals surface area (Å²) >= 11 is 9.81. The van der Waals surface area contributed by atoms with Crippen LogP contribution >= 0.6 is 27.5 Å². The van der Waals surface area contributed by atoms with E-state index >= 15 is 0 Å². The maximum atomic E-state index is 6.33. The zero-order chi connectivity index (χ0) is 14.0. The van der Waals surface area contributed by atoms with Crippen LogP contribution in [0.2, 0.25) is 5.02 Å². The van der Waals surface area contributed by atoms with Crippen molar-refractivity contribution in [2.45, 2.75) is 50.3 Å². The number of alkyl halides is 1. The zero-order valence-electron chi connectivity index (χ0n) is 12.0. The minimum absolute atomic E-state index is 0.675. The van der Waals surface area contributed by atoms with E-state index in [0.717, 1.165) is 10.4 Å². The molecule has 3 rings (SSSR count). The number of rotatable bonds is 2. The second kappa shape index (κ2) is 6.27. The van der Waals surface area contributed by atoms with Gasteiger partial charge in [-0.1, -0.05) is 52.9 Å². The Morgan fingerprint density at radius 3 is 2.35 bits per heavy atom. The van der Waals surface area contributed by atoms with Crippen LogP contribution in [-0.2, 0) is 5.33 Å². The number of anilines is 1. The Balaban J connectivity index is 1.67. The summed E-state index contributed by atoms with van der Waals surface area (Å²) in [5.74, 6) is 0. The topological polar surface area (TPSA) is 3.24 Å². The minimum atomic E-state index is 0.675. The molecule has 1 nitrogen and oxygen atoms in total. The van der Waals surface area contributed by atoms with Crippen molar-refractivity contribution in [1.82, 2.24) is 0 Å². The number of piperidine rings is 1. The van der Waals surface area contributed by atoms with Crippen LogP contribution in [0, 0.1) is 5.41 Å². The first-order valence-electron chi connectivity index (χ1n) is 7.82. The molecule has 0 radical (unpaired) electrons. The SMILES string of the molecule is Clc1cc(N2CCC3(CCCCC3)CC2)ccc1CBr. The van der Waals surface area contributed by atoms with Gasteiger partial charge in [0, 0.05) is 29.1 Å². The lowest BCUT2D eigenvalue weighted by Gasteiger charge is -2.45. The fraction of sp³-hybridized carbons (Fsp3) is 0.647. The average Bonchev–Trinajstić information content (AvgIpc) is 2.49. The molecule has 2 aliphatic rings. The number of nitrogens with zero attached hydrogens (tertiary/aromatic N) is 1. The lowest BCUT2D eigenvalue weighted by molar-refractivity contribution is 0.144. The standard InChI is InChI=1S/C17H23BrClN/c18-13-14-4-5-15(12-16(14)19)20-10-8-17(9-11-20)6-2-1-3-7-17/h4-5,12H,1-3,6-11,13H2. The molecule has 1 spiro atoms. The van der Waals surface area contributed by atoms with E-state index in [-0.39, 0.29) is 0 Å². The van der Waals surface area contributed by atoms with Gasteiger partial charge in [0.05, 0.1) is 0 Å². The van der Waals surface area contributed by atoms with Gasteiger partial charge in [-0.2, -0.15) is 0 Å². The van der Waals surface area contributed by atoms with Crippen LogP contribution in [0.3, 0.4) is 0 Å². The summed E-state index contributed by atoms with van der Waals surface area (Å²) < 4.78 is 0. The number of hydrogen-bond donors (Lipinski definition) is 0. The molecule has 0 amide bonds. The third kappa shape index (κ3) is 3.01. The molecule has 1 aromatic carbocycles. The maximum absolute atomic E-state index is 6.33. The molecule has 1 aromatic rings. The summed E-state index contributed by atoms with van der Waals surface area (Å²) in [6.45, 7) is 2.40. The van der Waals surface area contributed by atoms with Crippen LogP contribution in [0.4, 0.5) is 5.69 Å². The van der Waals surface area contributed by atoms with Crippen molar-refractivity contribution in [2.75, 3.05) is 18.0 Å². The van der Waals surface area contributed by atoms with Gasteiger partial charge < -0.3 is 4.90 Å². The Morgan fingerprint density at radius 2 is 1.75 bits per heavy atom. The van der Waals surface area contributed by atoms with Crippen LogP contribution in [0.1, 0.15) is 50.5 Å². The molecular weight excluding hydrogens is 334 g/mol. The number of hydrogen-bond acceptors (Lipinski definition) is 1. The highest BCUT2D eigenvalue weighted by atomic mass is 79.9. The minimum Gasteiger partial charge on any atom is -0.371 e. The van der Waals surface area contributed by atoms with Gasteiger partial charge in [-0.15, -0.1) is 0 Å². The van der Waals surface area contributed by atoms with E-state index in [4.69, 9.17) is 11.6 Å². The van der Waals surface area contributed by atoms with Crippen molar-refractivity contribution in [1.29, 1.82) is 0 Å². The van der Waals surface area contributed by atoms with E-state index in [9.17, 15) is 0 Å². The molecule has 1 aliphatic heterocycles. The summed E-state index contributed by atoms with van der Waals surface area (Å²) in [7, 11) is 0. The summed E-state index contributed by atoms with van der Waals surface area (Å²) in [6, 6.07) is 6.51. The Morgan fingerprint density at radius 1 is 1.05 bits per heavy atom. The number of benzene rings is 1. The molecule has 1 aliphatic carbocycles. The average molecular weight is 357 g/mol. The predicted octanol–water partition coefficient (Wildman–Crippen LogP) is 5.79. The van der Waals surface area contributed by atoms with Crippen molar-refractivity contribution in [3.8, 4) is 0 Å². The molecule has 2 fully saturated rings. The normalized spacial score (nSPS) is 22.2. The summed E-state index contributed by atoms with van der Waals surface area (Å²) in [4.78, 5) is 2.52. The van der Waals surface area contributed by atoms with Gasteiger partial charge in [-0.05, 0) is 48.8 Å². The largest absolute Gasteiger partial charge is 0.371 e.